The van der Waals surface area contributed by atoms with Gasteiger partial charge in [0, 0.05) is 36.0 Å². The molecule has 1 aliphatic rings. The number of alkyl halides is 3. The number of nitrogens with zero attached hydrogens (tertiary/aromatic N) is 1. The molecule has 8 nitrogen and oxygen atoms in total. The molecule has 1 amide bonds. The molecule has 3 N–H and O–H groups in total. The van der Waals surface area contributed by atoms with E-state index in [9.17, 15) is 18.0 Å². The molecule has 0 spiro atoms. The molecule has 0 aromatic heterocycles. The van der Waals surface area contributed by atoms with E-state index in [2.05, 4.69) is 31.5 Å². The van der Waals surface area contributed by atoms with Crippen LogP contribution in [0.1, 0.15) is 34.8 Å². The first-order valence-electron chi connectivity index (χ1n) is 16.5. The Kier molecular flexibility index (Phi) is 11.6. The lowest BCUT2D eigenvalue weighted by molar-refractivity contribution is -0.274. The number of hydrogen-bond acceptors (Lipinski definition) is 7. The fraction of sp³-hybridized carbons (Fsp3) is 0.200. The molecule has 0 saturated heterocycles. The third-order valence-electron chi connectivity index (χ3n) is 8.42. The Morgan fingerprint density at radius 1 is 0.827 bits per heavy atom. The fourth-order valence-corrected chi connectivity index (χ4v) is 6.26. The van der Waals surface area contributed by atoms with E-state index >= 15 is 0 Å². The number of aliphatic hydroxyl groups excluding tert-OH is 1. The fourth-order valence-electron chi connectivity index (χ4n) is 5.84. The monoisotopic (exact) mass is 773 g/mol. The lowest BCUT2D eigenvalue weighted by atomic mass is 9.82. The number of ether oxygens (including phenoxy) is 3. The van der Waals surface area contributed by atoms with Gasteiger partial charge in [-0.25, -0.2) is 10.4 Å². The zero-order chi connectivity index (χ0) is 36.6. The van der Waals surface area contributed by atoms with Crippen molar-refractivity contribution >= 4 is 27.7 Å². The molecule has 0 unspecified atom stereocenters. The highest BCUT2D eigenvalue weighted by Crippen LogP contribution is 2.43. The predicted molar refractivity (Wildman–Crippen MR) is 195 cm³/mol. The van der Waals surface area contributed by atoms with Gasteiger partial charge in [0.1, 0.15) is 11.5 Å². The average Bonchev–Trinajstić information content (AvgIpc) is 3.54. The summed E-state index contributed by atoms with van der Waals surface area (Å²) in [4.78, 5) is 19.6. The van der Waals surface area contributed by atoms with Crippen LogP contribution >= 0.6 is 15.9 Å². The van der Waals surface area contributed by atoms with Crippen LogP contribution < -0.4 is 20.3 Å². The standard InChI is InChI=1S/C40H35BrF3N3O5/c41-35-10-5-4-9-32(35)25-39(38(49)47-45-26-27-11-19-34(20-12-27)52-40(42,43)44)36(30-15-13-29(14-16-30)28-7-2-1-3-8-28)51-37(46-39)31-17-21-33(22-18-31)50-24-6-23-48/h1-5,7-22,36,45,48H,6,23-26H2,(H,47,49)/t36-,39-/m0/s1. The number of aliphatic imine (C=N–C) groups is 1. The maximum absolute atomic E-state index is 14.6. The number of aliphatic hydroxyl groups is 1. The first kappa shape index (κ1) is 36.6. The molecule has 2 atom stereocenters. The Hall–Kier alpha value is -5.17. The van der Waals surface area contributed by atoms with E-state index in [0.29, 0.717) is 29.9 Å². The smallest absolute Gasteiger partial charge is 0.494 e. The number of rotatable bonds is 14. The second-order valence-corrected chi connectivity index (χ2v) is 12.9. The van der Waals surface area contributed by atoms with Crippen molar-refractivity contribution in [2.45, 2.75) is 37.4 Å². The summed E-state index contributed by atoms with van der Waals surface area (Å²) in [6, 6.07) is 37.9. The third kappa shape index (κ3) is 9.00. The second kappa shape index (κ2) is 16.4. The molecule has 0 aliphatic carbocycles. The molecule has 268 valence electrons. The normalized spacial score (nSPS) is 16.9. The molecule has 1 heterocycles. The summed E-state index contributed by atoms with van der Waals surface area (Å²) < 4.78 is 55.0. The summed E-state index contributed by atoms with van der Waals surface area (Å²) in [5.74, 6) is 0.0599. The Morgan fingerprint density at radius 3 is 2.13 bits per heavy atom. The molecule has 52 heavy (non-hydrogen) atoms. The molecule has 5 aromatic carbocycles. The van der Waals surface area contributed by atoms with Crippen LogP contribution in [0, 0.1) is 0 Å². The van der Waals surface area contributed by atoms with Crippen LogP contribution in [0.3, 0.4) is 0 Å². The molecule has 6 rings (SSSR count). The number of hydrazine groups is 1. The van der Waals surface area contributed by atoms with Gasteiger partial charge >= 0.3 is 6.36 Å². The molecular formula is C40H35BrF3N3O5. The Balaban J connectivity index is 1.34. The van der Waals surface area contributed by atoms with Crippen LogP contribution in [0.25, 0.3) is 11.1 Å². The minimum Gasteiger partial charge on any atom is -0.494 e. The van der Waals surface area contributed by atoms with Gasteiger partial charge in [0.25, 0.3) is 5.91 Å². The summed E-state index contributed by atoms with van der Waals surface area (Å²) in [6.45, 7) is 0.493. The minimum atomic E-state index is -4.80. The summed E-state index contributed by atoms with van der Waals surface area (Å²) in [6.07, 6.45) is -5.00. The van der Waals surface area contributed by atoms with E-state index in [-0.39, 0.29) is 31.2 Å². The zero-order valence-electron chi connectivity index (χ0n) is 27.8. The second-order valence-electron chi connectivity index (χ2n) is 12.0. The van der Waals surface area contributed by atoms with E-state index < -0.39 is 23.9 Å². The van der Waals surface area contributed by atoms with Crippen LogP contribution in [0.15, 0.2) is 137 Å². The first-order chi connectivity index (χ1) is 25.1. The molecule has 0 saturated carbocycles. The van der Waals surface area contributed by atoms with E-state index in [0.717, 1.165) is 26.7 Å². The Morgan fingerprint density at radius 2 is 1.46 bits per heavy atom. The topological polar surface area (TPSA) is 101 Å². The van der Waals surface area contributed by atoms with Gasteiger partial charge in [-0.2, -0.15) is 0 Å². The van der Waals surface area contributed by atoms with Crippen LogP contribution in [0.5, 0.6) is 11.5 Å². The lowest BCUT2D eigenvalue weighted by Gasteiger charge is -2.31. The highest BCUT2D eigenvalue weighted by molar-refractivity contribution is 9.10. The highest BCUT2D eigenvalue weighted by Gasteiger charge is 2.53. The number of benzene rings is 5. The molecule has 0 fully saturated rings. The third-order valence-corrected chi connectivity index (χ3v) is 9.19. The zero-order valence-corrected chi connectivity index (χ0v) is 29.4. The summed E-state index contributed by atoms with van der Waals surface area (Å²) in [5, 5.41) is 9.11. The number of hydrogen-bond donors (Lipinski definition) is 3. The maximum Gasteiger partial charge on any atom is 0.573 e. The average molecular weight is 775 g/mol. The summed E-state index contributed by atoms with van der Waals surface area (Å²) in [5.41, 5.74) is 9.05. The van der Waals surface area contributed by atoms with Gasteiger partial charge in [0.15, 0.2) is 11.6 Å². The van der Waals surface area contributed by atoms with Gasteiger partial charge in [-0.05, 0) is 70.3 Å². The van der Waals surface area contributed by atoms with Crippen LogP contribution in [0.2, 0.25) is 0 Å². The lowest BCUT2D eigenvalue weighted by Crippen LogP contribution is -2.53. The number of carbonyl (C=O) groups excluding carboxylic acids is 1. The molecule has 0 bridgehead atoms. The molecular weight excluding hydrogens is 739 g/mol. The molecule has 0 radical (unpaired) electrons. The number of halogens is 4. The predicted octanol–water partition coefficient (Wildman–Crippen LogP) is 8.10. The maximum atomic E-state index is 14.6. The van der Waals surface area contributed by atoms with Crippen LogP contribution in [-0.2, 0) is 22.5 Å². The summed E-state index contributed by atoms with van der Waals surface area (Å²) >= 11 is 3.64. The van der Waals surface area contributed by atoms with Gasteiger partial charge in [-0.3, -0.25) is 10.2 Å². The van der Waals surface area contributed by atoms with Crippen LogP contribution in [0.4, 0.5) is 13.2 Å². The van der Waals surface area contributed by atoms with Crippen molar-refractivity contribution in [2.24, 2.45) is 4.99 Å². The van der Waals surface area contributed by atoms with Gasteiger partial charge in [0.05, 0.1) is 6.61 Å². The Bertz CT molecular complexity index is 1980. The number of carbonyl (C=O) groups is 1. The van der Waals surface area contributed by atoms with Crippen molar-refractivity contribution in [3.63, 3.8) is 0 Å². The van der Waals surface area contributed by atoms with E-state index in [1.165, 1.54) is 24.3 Å². The van der Waals surface area contributed by atoms with Crippen molar-refractivity contribution in [3.8, 4) is 22.6 Å². The first-order valence-corrected chi connectivity index (χ1v) is 17.3. The van der Waals surface area contributed by atoms with E-state index in [1.54, 1.807) is 24.3 Å². The number of nitrogens with one attached hydrogen (secondary N) is 2. The van der Waals surface area contributed by atoms with Crippen molar-refractivity contribution in [1.82, 2.24) is 10.9 Å². The van der Waals surface area contributed by atoms with Gasteiger partial charge in [-0.1, -0.05) is 101 Å². The van der Waals surface area contributed by atoms with Crippen molar-refractivity contribution < 1.29 is 37.3 Å². The van der Waals surface area contributed by atoms with Crippen LogP contribution in [-0.4, -0.2) is 42.0 Å². The van der Waals surface area contributed by atoms with Crippen molar-refractivity contribution in [1.29, 1.82) is 0 Å². The minimum absolute atomic E-state index is 0.0240. The van der Waals surface area contributed by atoms with Gasteiger partial charge in [0.2, 0.25) is 5.90 Å². The molecule has 1 aliphatic heterocycles. The SMILES string of the molecule is O=C(NNCc1ccc(OC(F)(F)F)cc1)[C@@]1(Cc2ccccc2Br)N=C(c2ccc(OCCCO)cc2)O[C@H]1c1ccc(-c2ccccc2)cc1. The van der Waals surface area contributed by atoms with E-state index in [4.69, 9.17) is 19.6 Å². The van der Waals surface area contributed by atoms with Gasteiger partial charge in [-0.15, -0.1) is 13.2 Å². The van der Waals surface area contributed by atoms with Crippen molar-refractivity contribution in [3.05, 3.63) is 154 Å². The largest absolute Gasteiger partial charge is 0.573 e. The number of amides is 1. The van der Waals surface area contributed by atoms with E-state index in [1.807, 2.05) is 78.9 Å². The Labute approximate surface area is 307 Å². The quantitative estimate of drug-likeness (QED) is 0.0780. The molecule has 5 aromatic rings. The molecule has 12 heteroatoms. The summed E-state index contributed by atoms with van der Waals surface area (Å²) in [7, 11) is 0. The highest BCUT2D eigenvalue weighted by atomic mass is 79.9. The van der Waals surface area contributed by atoms with Crippen molar-refractivity contribution in [2.75, 3.05) is 13.2 Å². The van der Waals surface area contributed by atoms with Gasteiger partial charge < -0.3 is 19.3 Å².